The van der Waals surface area contributed by atoms with Gasteiger partial charge in [-0.15, -0.1) is 10.2 Å². The van der Waals surface area contributed by atoms with Gasteiger partial charge in [-0.2, -0.15) is 0 Å². The fourth-order valence-electron chi connectivity index (χ4n) is 3.24. The minimum atomic E-state index is -0.458. The molecule has 0 saturated carbocycles. The number of carbonyl (C=O) groups excluding carboxylic acids is 1. The summed E-state index contributed by atoms with van der Waals surface area (Å²) in [7, 11) is 0. The van der Waals surface area contributed by atoms with Crippen LogP contribution < -0.4 is 10.6 Å². The minimum absolute atomic E-state index is 0.0912. The van der Waals surface area contributed by atoms with Crippen molar-refractivity contribution >= 4 is 69.9 Å². The summed E-state index contributed by atoms with van der Waals surface area (Å²) in [6, 6.07) is 17.7. The van der Waals surface area contributed by atoms with Gasteiger partial charge in [0.15, 0.2) is 11.0 Å². The zero-order chi connectivity index (χ0) is 24.9. The molecule has 11 heteroatoms. The molecule has 0 aliphatic heterocycles. The van der Waals surface area contributed by atoms with Crippen LogP contribution in [-0.2, 0) is 12.3 Å². The first-order valence-electron chi connectivity index (χ1n) is 10.4. The maximum Gasteiger partial charge on any atom is 0.319 e. The van der Waals surface area contributed by atoms with Crippen LogP contribution in [0.5, 0.6) is 0 Å². The van der Waals surface area contributed by atoms with E-state index >= 15 is 0 Å². The lowest BCUT2D eigenvalue weighted by Crippen LogP contribution is -2.29. The summed E-state index contributed by atoms with van der Waals surface area (Å²) in [4.78, 5) is 12.5. The van der Waals surface area contributed by atoms with Gasteiger partial charge in [0, 0.05) is 15.8 Å². The van der Waals surface area contributed by atoms with Crippen LogP contribution in [0.3, 0.4) is 0 Å². The number of thioether (sulfide) groups is 1. The molecule has 2 N–H and O–H groups in total. The first kappa shape index (κ1) is 25.7. The number of hydrogen-bond acceptors (Lipinski definition) is 4. The number of carbonyl (C=O) groups is 1. The first-order chi connectivity index (χ1) is 16.8. The number of rotatable bonds is 7. The van der Waals surface area contributed by atoms with Crippen molar-refractivity contribution in [1.29, 1.82) is 0 Å². The molecule has 0 aliphatic carbocycles. The highest BCUT2D eigenvalue weighted by Crippen LogP contribution is 2.31. The van der Waals surface area contributed by atoms with Crippen LogP contribution in [-0.4, -0.2) is 20.8 Å². The Morgan fingerprint density at radius 1 is 0.943 bits per heavy atom. The van der Waals surface area contributed by atoms with Gasteiger partial charge in [-0.3, -0.25) is 4.57 Å². The first-order valence-corrected chi connectivity index (χ1v) is 12.9. The van der Waals surface area contributed by atoms with Crippen LogP contribution in [0.4, 0.5) is 10.5 Å². The van der Waals surface area contributed by atoms with Crippen molar-refractivity contribution in [3.05, 3.63) is 97.7 Å². The number of anilines is 1. The van der Waals surface area contributed by atoms with E-state index in [2.05, 4.69) is 39.9 Å². The van der Waals surface area contributed by atoms with E-state index in [-0.39, 0.29) is 6.54 Å². The average molecular weight is 567 g/mol. The van der Waals surface area contributed by atoms with E-state index in [0.717, 1.165) is 0 Å². The number of aromatic nitrogens is 3. The van der Waals surface area contributed by atoms with E-state index in [1.807, 2.05) is 16.7 Å². The predicted octanol–water partition coefficient (Wildman–Crippen LogP) is 7.80. The van der Waals surface area contributed by atoms with Gasteiger partial charge in [0.1, 0.15) is 0 Å². The Balaban J connectivity index is 1.56. The van der Waals surface area contributed by atoms with E-state index in [0.29, 0.717) is 48.2 Å². The maximum atomic E-state index is 12.5. The number of hydrogen-bond donors (Lipinski definition) is 2. The fourth-order valence-corrected chi connectivity index (χ4v) is 5.23. The molecule has 1 heterocycles. The Labute approximate surface area is 226 Å². The topological polar surface area (TPSA) is 71.8 Å². The molecule has 35 heavy (non-hydrogen) atoms. The molecule has 0 atom stereocenters. The molecule has 180 valence electrons. The summed E-state index contributed by atoms with van der Waals surface area (Å²) in [6.45, 7) is 2.16. The third kappa shape index (κ3) is 6.42. The summed E-state index contributed by atoms with van der Waals surface area (Å²) in [5.74, 6) is 1.19. The second kappa shape index (κ2) is 11.5. The van der Waals surface area contributed by atoms with Gasteiger partial charge in [0.2, 0.25) is 0 Å². The highest BCUT2D eigenvalue weighted by atomic mass is 35.5. The smallest absolute Gasteiger partial charge is 0.319 e. The molecule has 0 bridgehead atoms. The lowest BCUT2D eigenvalue weighted by atomic mass is 10.1. The number of nitrogens with zero attached hydrogens (tertiary/aromatic N) is 3. The summed E-state index contributed by atoms with van der Waals surface area (Å²) >= 11 is 26.2. The van der Waals surface area contributed by atoms with Crippen LogP contribution in [0.2, 0.25) is 20.1 Å². The van der Waals surface area contributed by atoms with Gasteiger partial charge < -0.3 is 10.6 Å². The molecule has 2 amide bonds. The normalized spacial score (nSPS) is 10.9. The zero-order valence-corrected chi connectivity index (χ0v) is 22.2. The fraction of sp³-hybridized carbons (Fsp3) is 0.125. The number of halogens is 4. The molecular weight excluding hydrogens is 548 g/mol. The van der Waals surface area contributed by atoms with Crippen molar-refractivity contribution in [1.82, 2.24) is 20.1 Å². The summed E-state index contributed by atoms with van der Waals surface area (Å²) in [6.07, 6.45) is 0. The van der Waals surface area contributed by atoms with Gasteiger partial charge in [0.05, 0.1) is 28.0 Å². The quantitative estimate of drug-likeness (QED) is 0.224. The molecule has 4 aromatic rings. The summed E-state index contributed by atoms with van der Waals surface area (Å²) in [5.41, 5.74) is 3.47. The summed E-state index contributed by atoms with van der Waals surface area (Å²) in [5, 5.41) is 16.6. The largest absolute Gasteiger partial charge is 0.331 e. The second-order valence-corrected chi connectivity index (χ2v) is 10.1. The van der Waals surface area contributed by atoms with Crippen molar-refractivity contribution in [3.63, 3.8) is 0 Å². The Morgan fingerprint density at radius 2 is 1.66 bits per heavy atom. The number of aryl methyl sites for hydroxylation is 1. The molecule has 0 unspecified atom stereocenters. The molecule has 4 rings (SSSR count). The molecule has 0 spiro atoms. The Morgan fingerprint density at radius 3 is 2.37 bits per heavy atom. The van der Waals surface area contributed by atoms with Gasteiger partial charge >= 0.3 is 6.03 Å². The molecule has 0 fully saturated rings. The van der Waals surface area contributed by atoms with Crippen LogP contribution in [0, 0.1) is 6.92 Å². The lowest BCUT2D eigenvalue weighted by molar-refractivity contribution is 0.251. The van der Waals surface area contributed by atoms with E-state index < -0.39 is 6.03 Å². The molecule has 0 aliphatic rings. The second-order valence-electron chi connectivity index (χ2n) is 7.48. The average Bonchev–Trinajstić information content (AvgIpc) is 3.21. The zero-order valence-electron chi connectivity index (χ0n) is 18.4. The van der Waals surface area contributed by atoms with E-state index in [1.165, 1.54) is 22.9 Å². The van der Waals surface area contributed by atoms with Crippen LogP contribution >= 0.6 is 58.2 Å². The molecule has 0 radical (unpaired) electrons. The molecule has 0 saturated heterocycles. The maximum absolute atomic E-state index is 12.5. The van der Waals surface area contributed by atoms with Crippen molar-refractivity contribution in [2.75, 3.05) is 5.32 Å². The van der Waals surface area contributed by atoms with Crippen molar-refractivity contribution in [2.45, 2.75) is 24.4 Å². The van der Waals surface area contributed by atoms with E-state index in [4.69, 9.17) is 46.4 Å². The Kier molecular flexibility index (Phi) is 8.46. The molecule has 1 aromatic heterocycles. The van der Waals surface area contributed by atoms with Crippen LogP contribution in [0.1, 0.15) is 17.0 Å². The van der Waals surface area contributed by atoms with Gasteiger partial charge in [0.25, 0.3) is 0 Å². The van der Waals surface area contributed by atoms with Gasteiger partial charge in [-0.05, 0) is 54.4 Å². The number of amides is 2. The monoisotopic (exact) mass is 565 g/mol. The minimum Gasteiger partial charge on any atom is -0.331 e. The number of benzene rings is 3. The lowest BCUT2D eigenvalue weighted by Gasteiger charge is -2.14. The van der Waals surface area contributed by atoms with Crippen LogP contribution in [0.15, 0.2) is 65.8 Å². The van der Waals surface area contributed by atoms with Gasteiger partial charge in [-0.1, -0.05) is 82.4 Å². The number of urea groups is 1. The molecular formula is C24H19Cl4N5OS. The van der Waals surface area contributed by atoms with Gasteiger partial charge in [-0.25, -0.2) is 4.79 Å². The highest BCUT2D eigenvalue weighted by molar-refractivity contribution is 7.98. The van der Waals surface area contributed by atoms with Crippen LogP contribution in [0.25, 0.3) is 5.69 Å². The van der Waals surface area contributed by atoms with E-state index in [1.54, 1.807) is 36.4 Å². The Hall–Kier alpha value is -2.42. The molecule has 3 aromatic carbocycles. The standard InChI is InChI=1S/C24H19Cl4N5OS/c1-14-4-2-3-5-15(14)13-35-24-32-31-22(33(24)21-9-7-17(26)11-19(21)28)12-29-23(34)30-20-8-6-16(25)10-18(20)27/h2-11H,12-13H2,1H3,(H2,29,30,34). The predicted molar refractivity (Wildman–Crippen MR) is 144 cm³/mol. The highest BCUT2D eigenvalue weighted by Gasteiger charge is 2.18. The van der Waals surface area contributed by atoms with E-state index in [9.17, 15) is 4.79 Å². The Bertz CT molecular complexity index is 1380. The number of nitrogens with one attached hydrogen (secondary N) is 2. The van der Waals surface area contributed by atoms with Crippen molar-refractivity contribution < 1.29 is 4.79 Å². The van der Waals surface area contributed by atoms with Crippen molar-refractivity contribution in [3.8, 4) is 5.69 Å². The molecule has 6 nitrogen and oxygen atoms in total. The SMILES string of the molecule is Cc1ccccc1CSc1nnc(CNC(=O)Nc2ccc(Cl)cc2Cl)n1-c1ccc(Cl)cc1Cl. The van der Waals surface area contributed by atoms with Crippen molar-refractivity contribution in [2.24, 2.45) is 0 Å². The third-order valence-electron chi connectivity index (χ3n) is 5.06. The summed E-state index contributed by atoms with van der Waals surface area (Å²) < 4.78 is 1.82. The third-order valence-corrected chi connectivity index (χ3v) is 7.12.